The van der Waals surface area contributed by atoms with Gasteiger partial charge in [-0.2, -0.15) is 5.10 Å². The number of benzene rings is 1. The predicted molar refractivity (Wildman–Crippen MR) is 96.7 cm³/mol. The van der Waals surface area contributed by atoms with Crippen LogP contribution in [0, 0.1) is 0 Å². The fraction of sp³-hybridized carbons (Fsp3) is 0.474. The summed E-state index contributed by atoms with van der Waals surface area (Å²) in [5.41, 5.74) is 2.12. The minimum absolute atomic E-state index is 0.00134. The van der Waals surface area contributed by atoms with Gasteiger partial charge >= 0.3 is 0 Å². The number of hydrogen-bond donors (Lipinski definition) is 2. The molecule has 0 unspecified atom stereocenters. The van der Waals surface area contributed by atoms with Crippen LogP contribution in [0.3, 0.4) is 0 Å². The van der Waals surface area contributed by atoms with Gasteiger partial charge in [0.1, 0.15) is 5.69 Å². The van der Waals surface area contributed by atoms with Gasteiger partial charge in [0.05, 0.1) is 23.9 Å². The molecule has 2 fully saturated rings. The van der Waals surface area contributed by atoms with Crippen LogP contribution in [0.5, 0.6) is 0 Å². The molecule has 1 saturated carbocycles. The molecule has 25 heavy (non-hydrogen) atoms. The number of amides is 1. The molecular formula is C19H22ClN3O2. The second-order valence-corrected chi connectivity index (χ2v) is 7.54. The van der Waals surface area contributed by atoms with E-state index in [1.807, 2.05) is 24.3 Å². The van der Waals surface area contributed by atoms with Crippen LogP contribution in [0.2, 0.25) is 5.02 Å². The number of H-pyrrole nitrogens is 1. The van der Waals surface area contributed by atoms with Crippen LogP contribution in [0.4, 0.5) is 0 Å². The van der Waals surface area contributed by atoms with Gasteiger partial charge in [-0.3, -0.25) is 9.89 Å². The van der Waals surface area contributed by atoms with E-state index in [4.69, 9.17) is 16.3 Å². The SMILES string of the molecule is O=C(N[C@@H]1COC2(CCCCC2)C1)c1cc(-c2ccc(Cl)cc2)n[nH]1. The van der Waals surface area contributed by atoms with E-state index < -0.39 is 0 Å². The van der Waals surface area contributed by atoms with E-state index in [1.54, 1.807) is 6.07 Å². The number of hydrogen-bond acceptors (Lipinski definition) is 3. The summed E-state index contributed by atoms with van der Waals surface area (Å²) in [6, 6.07) is 9.24. The van der Waals surface area contributed by atoms with Gasteiger partial charge < -0.3 is 10.1 Å². The van der Waals surface area contributed by atoms with Crippen molar-refractivity contribution < 1.29 is 9.53 Å². The third-order valence-electron chi connectivity index (χ3n) is 5.27. The number of carbonyl (C=O) groups excluding carboxylic acids is 1. The molecule has 1 aliphatic heterocycles. The van der Waals surface area contributed by atoms with Crippen molar-refractivity contribution >= 4 is 17.5 Å². The molecule has 5 nitrogen and oxygen atoms in total. The quantitative estimate of drug-likeness (QED) is 0.871. The van der Waals surface area contributed by atoms with E-state index in [1.165, 1.54) is 19.3 Å². The maximum atomic E-state index is 12.5. The molecule has 2 N–H and O–H groups in total. The second-order valence-electron chi connectivity index (χ2n) is 7.10. The van der Waals surface area contributed by atoms with Gasteiger partial charge in [0, 0.05) is 10.6 Å². The lowest BCUT2D eigenvalue weighted by atomic mass is 9.82. The Hall–Kier alpha value is -1.85. The number of carbonyl (C=O) groups is 1. The first-order chi connectivity index (χ1) is 12.1. The Labute approximate surface area is 152 Å². The number of aromatic nitrogens is 2. The van der Waals surface area contributed by atoms with E-state index in [9.17, 15) is 4.79 Å². The van der Waals surface area contributed by atoms with E-state index in [-0.39, 0.29) is 17.6 Å². The van der Waals surface area contributed by atoms with Gasteiger partial charge in [0.25, 0.3) is 5.91 Å². The average Bonchev–Trinajstić information content (AvgIpc) is 3.25. The molecule has 1 amide bonds. The van der Waals surface area contributed by atoms with Crippen LogP contribution in [-0.4, -0.2) is 34.4 Å². The maximum Gasteiger partial charge on any atom is 0.269 e. The molecule has 1 saturated heterocycles. The van der Waals surface area contributed by atoms with Gasteiger partial charge in [0.15, 0.2) is 0 Å². The molecule has 1 spiro atoms. The van der Waals surface area contributed by atoms with Crippen molar-refractivity contribution in [2.45, 2.75) is 50.2 Å². The van der Waals surface area contributed by atoms with Crippen LogP contribution in [0.25, 0.3) is 11.3 Å². The molecule has 2 heterocycles. The molecule has 0 radical (unpaired) electrons. The highest BCUT2D eigenvalue weighted by atomic mass is 35.5. The van der Waals surface area contributed by atoms with E-state index in [0.717, 1.165) is 30.5 Å². The Morgan fingerprint density at radius 3 is 2.76 bits per heavy atom. The molecular weight excluding hydrogens is 338 g/mol. The Bertz CT molecular complexity index is 750. The summed E-state index contributed by atoms with van der Waals surface area (Å²) >= 11 is 5.91. The molecule has 6 heteroatoms. The number of nitrogens with one attached hydrogen (secondary N) is 2. The van der Waals surface area contributed by atoms with Crippen molar-refractivity contribution in [1.82, 2.24) is 15.5 Å². The Balaban J connectivity index is 1.39. The highest BCUT2D eigenvalue weighted by Gasteiger charge is 2.41. The van der Waals surface area contributed by atoms with Crippen molar-refractivity contribution in [1.29, 1.82) is 0 Å². The van der Waals surface area contributed by atoms with Crippen LogP contribution in [0.1, 0.15) is 49.0 Å². The molecule has 4 rings (SSSR count). The molecule has 1 aromatic heterocycles. The minimum Gasteiger partial charge on any atom is -0.373 e. The molecule has 0 bridgehead atoms. The van der Waals surface area contributed by atoms with E-state index in [0.29, 0.717) is 17.3 Å². The zero-order chi connectivity index (χ0) is 17.3. The highest BCUT2D eigenvalue weighted by molar-refractivity contribution is 6.30. The third kappa shape index (κ3) is 3.58. The minimum atomic E-state index is -0.130. The number of rotatable bonds is 3. The van der Waals surface area contributed by atoms with Gasteiger partial charge in [-0.05, 0) is 37.5 Å². The van der Waals surface area contributed by atoms with Crippen LogP contribution < -0.4 is 5.32 Å². The predicted octanol–water partition coefficient (Wildman–Crippen LogP) is 3.95. The molecule has 1 atom stereocenters. The monoisotopic (exact) mass is 359 g/mol. The Morgan fingerprint density at radius 1 is 1.24 bits per heavy atom. The van der Waals surface area contributed by atoms with Crippen LogP contribution >= 0.6 is 11.6 Å². The smallest absolute Gasteiger partial charge is 0.269 e. The fourth-order valence-corrected chi connectivity index (χ4v) is 4.08. The van der Waals surface area contributed by atoms with Crippen LogP contribution in [0.15, 0.2) is 30.3 Å². The lowest BCUT2D eigenvalue weighted by Gasteiger charge is -2.32. The second kappa shape index (κ2) is 6.81. The Kier molecular flexibility index (Phi) is 4.52. The summed E-state index contributed by atoms with van der Waals surface area (Å²) in [5.74, 6) is -0.130. The van der Waals surface area contributed by atoms with Gasteiger partial charge in [0.2, 0.25) is 0 Å². The summed E-state index contributed by atoms with van der Waals surface area (Å²) in [6.07, 6.45) is 6.90. The normalized spacial score (nSPS) is 22.2. The zero-order valence-electron chi connectivity index (χ0n) is 14.1. The topological polar surface area (TPSA) is 67.0 Å². The summed E-state index contributed by atoms with van der Waals surface area (Å²) < 4.78 is 6.06. The van der Waals surface area contributed by atoms with Crippen LogP contribution in [-0.2, 0) is 4.74 Å². The van der Waals surface area contributed by atoms with E-state index >= 15 is 0 Å². The largest absolute Gasteiger partial charge is 0.373 e. The molecule has 1 aromatic carbocycles. The van der Waals surface area contributed by atoms with Gasteiger partial charge in [-0.25, -0.2) is 0 Å². The summed E-state index contributed by atoms with van der Waals surface area (Å²) in [6.45, 7) is 0.601. The number of ether oxygens (including phenoxy) is 1. The van der Waals surface area contributed by atoms with E-state index in [2.05, 4.69) is 15.5 Å². The zero-order valence-corrected chi connectivity index (χ0v) is 14.8. The summed E-state index contributed by atoms with van der Waals surface area (Å²) in [4.78, 5) is 12.5. The Morgan fingerprint density at radius 2 is 2.00 bits per heavy atom. The van der Waals surface area contributed by atoms with Crippen molar-refractivity contribution in [2.75, 3.05) is 6.61 Å². The molecule has 2 aliphatic rings. The first kappa shape index (κ1) is 16.6. The fourth-order valence-electron chi connectivity index (χ4n) is 3.95. The van der Waals surface area contributed by atoms with Crippen molar-refractivity contribution in [3.8, 4) is 11.3 Å². The average molecular weight is 360 g/mol. The molecule has 1 aliphatic carbocycles. The summed E-state index contributed by atoms with van der Waals surface area (Å²) in [7, 11) is 0. The lowest BCUT2D eigenvalue weighted by molar-refractivity contribution is -0.0246. The number of halogens is 1. The highest BCUT2D eigenvalue weighted by Crippen LogP contribution is 2.39. The molecule has 2 aromatic rings. The number of aromatic amines is 1. The van der Waals surface area contributed by atoms with Gasteiger partial charge in [-0.15, -0.1) is 0 Å². The molecule has 132 valence electrons. The standard InChI is InChI=1S/C19H22ClN3O2/c20-14-6-4-13(5-7-14)16-10-17(23-22-16)18(24)21-15-11-19(25-12-15)8-2-1-3-9-19/h4-7,10,15H,1-3,8-9,11-12H2,(H,21,24)(H,22,23)/t15-/m0/s1. The van der Waals surface area contributed by atoms with Crippen molar-refractivity contribution in [3.63, 3.8) is 0 Å². The van der Waals surface area contributed by atoms with Crippen molar-refractivity contribution in [3.05, 3.63) is 41.0 Å². The first-order valence-electron chi connectivity index (χ1n) is 8.90. The van der Waals surface area contributed by atoms with Gasteiger partial charge in [-0.1, -0.05) is 43.0 Å². The maximum absolute atomic E-state index is 12.5. The third-order valence-corrected chi connectivity index (χ3v) is 5.52. The first-order valence-corrected chi connectivity index (χ1v) is 9.28. The van der Waals surface area contributed by atoms with Crippen molar-refractivity contribution in [2.24, 2.45) is 0 Å². The number of nitrogens with zero attached hydrogens (tertiary/aromatic N) is 1. The lowest BCUT2D eigenvalue weighted by Crippen LogP contribution is -2.37. The summed E-state index contributed by atoms with van der Waals surface area (Å²) in [5, 5.41) is 10.8.